The molecule has 2 nitrogen and oxygen atoms in total. The third kappa shape index (κ3) is 4.22. The van der Waals surface area contributed by atoms with Gasteiger partial charge in [-0.25, -0.2) is 0 Å². The van der Waals surface area contributed by atoms with Crippen molar-refractivity contribution in [2.45, 2.75) is 45.6 Å². The van der Waals surface area contributed by atoms with Crippen LogP contribution in [0.4, 0.5) is 0 Å². The Morgan fingerprint density at radius 2 is 1.95 bits per heavy atom. The Bertz CT molecular complexity index is 457. The Morgan fingerprint density at radius 1 is 1.32 bits per heavy atom. The zero-order valence-corrected chi connectivity index (χ0v) is 13.6. The van der Waals surface area contributed by atoms with Gasteiger partial charge in [0.15, 0.2) is 0 Å². The summed E-state index contributed by atoms with van der Waals surface area (Å²) in [6.07, 6.45) is 4.44. The average molecular weight is 345 g/mol. The molecule has 0 spiro atoms. The first-order valence-corrected chi connectivity index (χ1v) is 7.80. The molecule has 0 aliphatic heterocycles. The molecule has 0 saturated heterocycles. The van der Waals surface area contributed by atoms with E-state index in [1.54, 1.807) is 18.2 Å². The molecule has 1 N–H and O–H groups in total. The Labute approximate surface area is 128 Å². The highest BCUT2D eigenvalue weighted by atomic mass is 79.9. The third-order valence-electron chi connectivity index (χ3n) is 3.80. The number of amides is 1. The van der Waals surface area contributed by atoms with Crippen molar-refractivity contribution >= 4 is 33.4 Å². The van der Waals surface area contributed by atoms with Gasteiger partial charge in [0.25, 0.3) is 5.91 Å². The summed E-state index contributed by atoms with van der Waals surface area (Å²) in [5.74, 6) is -0.0343. The van der Waals surface area contributed by atoms with Gasteiger partial charge in [-0.3, -0.25) is 4.79 Å². The van der Waals surface area contributed by atoms with Gasteiger partial charge in [-0.2, -0.15) is 0 Å². The van der Waals surface area contributed by atoms with Crippen LogP contribution in [-0.4, -0.2) is 11.9 Å². The molecule has 0 atom stereocenters. The minimum absolute atomic E-state index is 0.0343. The number of carbonyl (C=O) groups excluding carboxylic acids is 1. The van der Waals surface area contributed by atoms with Crippen molar-refractivity contribution < 1.29 is 4.79 Å². The Kier molecular flexibility index (Phi) is 4.57. The summed E-state index contributed by atoms with van der Waals surface area (Å²) in [7, 11) is 0. The maximum Gasteiger partial charge on any atom is 0.251 e. The van der Waals surface area contributed by atoms with E-state index in [4.69, 9.17) is 11.6 Å². The molecule has 0 heterocycles. The van der Waals surface area contributed by atoms with Crippen molar-refractivity contribution in [3.8, 4) is 0 Å². The lowest BCUT2D eigenvalue weighted by atomic mass is 9.75. The van der Waals surface area contributed by atoms with Crippen LogP contribution >= 0.6 is 27.5 Å². The largest absolute Gasteiger partial charge is 0.349 e. The number of carbonyl (C=O) groups is 1. The van der Waals surface area contributed by atoms with Gasteiger partial charge in [-0.1, -0.05) is 41.4 Å². The Morgan fingerprint density at radius 3 is 2.53 bits per heavy atom. The lowest BCUT2D eigenvalue weighted by Gasteiger charge is -2.34. The van der Waals surface area contributed by atoms with Crippen LogP contribution < -0.4 is 5.32 Å². The first-order valence-electron chi connectivity index (χ1n) is 6.63. The Hall–Kier alpha value is -0.540. The summed E-state index contributed by atoms with van der Waals surface area (Å²) in [5.41, 5.74) is 1.03. The monoisotopic (exact) mass is 343 g/mol. The van der Waals surface area contributed by atoms with E-state index in [9.17, 15) is 4.79 Å². The summed E-state index contributed by atoms with van der Waals surface area (Å²) >= 11 is 9.32. The van der Waals surface area contributed by atoms with Gasteiger partial charge in [0.2, 0.25) is 0 Å². The molecule has 1 saturated carbocycles. The van der Waals surface area contributed by atoms with Crippen LogP contribution in [0.1, 0.15) is 49.9 Å². The van der Waals surface area contributed by atoms with E-state index in [0.29, 0.717) is 22.0 Å². The van der Waals surface area contributed by atoms with Gasteiger partial charge in [0.05, 0.1) is 0 Å². The van der Waals surface area contributed by atoms with E-state index in [1.165, 1.54) is 0 Å². The topological polar surface area (TPSA) is 29.1 Å². The van der Waals surface area contributed by atoms with E-state index >= 15 is 0 Å². The molecular formula is C15H19BrClNO. The zero-order chi connectivity index (χ0) is 14.0. The minimum atomic E-state index is -0.0343. The van der Waals surface area contributed by atoms with Crippen LogP contribution in [0.25, 0.3) is 0 Å². The standard InChI is InChI=1S/C15H19BrClNO/c1-15(2)5-3-13(4-6-15)18-14(19)10-7-11(16)9-12(17)8-10/h7-9,13H,3-6H2,1-2H3,(H,18,19). The molecule has 0 bridgehead atoms. The highest BCUT2D eigenvalue weighted by Gasteiger charge is 2.27. The third-order valence-corrected chi connectivity index (χ3v) is 4.48. The van der Waals surface area contributed by atoms with Gasteiger partial charge >= 0.3 is 0 Å². The molecule has 1 aromatic rings. The average Bonchev–Trinajstić information content (AvgIpc) is 2.30. The number of rotatable bonds is 2. The molecular weight excluding hydrogens is 326 g/mol. The van der Waals surface area contributed by atoms with Crippen LogP contribution in [0.15, 0.2) is 22.7 Å². The van der Waals surface area contributed by atoms with E-state index < -0.39 is 0 Å². The smallest absolute Gasteiger partial charge is 0.251 e. The molecule has 1 aliphatic carbocycles. The predicted molar refractivity (Wildman–Crippen MR) is 82.7 cm³/mol. The predicted octanol–water partition coefficient (Wildman–Crippen LogP) is 4.80. The van der Waals surface area contributed by atoms with Crippen molar-refractivity contribution in [3.05, 3.63) is 33.3 Å². The van der Waals surface area contributed by atoms with Crippen molar-refractivity contribution in [1.82, 2.24) is 5.32 Å². The molecule has 19 heavy (non-hydrogen) atoms. The first kappa shape index (κ1) is 14.9. The van der Waals surface area contributed by atoms with Crippen LogP contribution in [0.2, 0.25) is 5.02 Å². The van der Waals surface area contributed by atoms with Crippen LogP contribution in [0, 0.1) is 5.41 Å². The van der Waals surface area contributed by atoms with Crippen LogP contribution in [0.5, 0.6) is 0 Å². The number of hydrogen-bond acceptors (Lipinski definition) is 1. The summed E-state index contributed by atoms with van der Waals surface area (Å²) in [5, 5.41) is 3.68. The summed E-state index contributed by atoms with van der Waals surface area (Å²) in [6.45, 7) is 4.58. The quantitative estimate of drug-likeness (QED) is 0.820. The summed E-state index contributed by atoms with van der Waals surface area (Å²) in [6, 6.07) is 5.57. The van der Waals surface area contributed by atoms with Crippen molar-refractivity contribution in [1.29, 1.82) is 0 Å². The maximum atomic E-state index is 12.2. The van der Waals surface area contributed by atoms with Crippen molar-refractivity contribution in [3.63, 3.8) is 0 Å². The van der Waals surface area contributed by atoms with E-state index in [-0.39, 0.29) is 5.91 Å². The molecule has 1 aromatic carbocycles. The van der Waals surface area contributed by atoms with Crippen LogP contribution in [0.3, 0.4) is 0 Å². The molecule has 0 aromatic heterocycles. The molecule has 1 fully saturated rings. The van der Waals surface area contributed by atoms with Crippen molar-refractivity contribution in [2.75, 3.05) is 0 Å². The molecule has 4 heteroatoms. The molecule has 2 rings (SSSR count). The number of hydrogen-bond donors (Lipinski definition) is 1. The molecule has 1 amide bonds. The second-order valence-electron chi connectivity index (χ2n) is 6.07. The summed E-state index contributed by atoms with van der Waals surface area (Å²) < 4.78 is 0.829. The molecule has 0 unspecified atom stereocenters. The minimum Gasteiger partial charge on any atom is -0.349 e. The Balaban J connectivity index is 1.98. The van der Waals surface area contributed by atoms with Gasteiger partial charge < -0.3 is 5.32 Å². The van der Waals surface area contributed by atoms with Crippen LogP contribution in [-0.2, 0) is 0 Å². The SMILES string of the molecule is CC1(C)CCC(NC(=O)c2cc(Cl)cc(Br)c2)CC1. The highest BCUT2D eigenvalue weighted by Crippen LogP contribution is 2.35. The lowest BCUT2D eigenvalue weighted by molar-refractivity contribution is 0.0909. The van der Waals surface area contributed by atoms with Gasteiger partial charge in [0, 0.05) is 21.1 Å². The highest BCUT2D eigenvalue weighted by molar-refractivity contribution is 9.10. The lowest BCUT2D eigenvalue weighted by Crippen LogP contribution is -2.39. The molecule has 104 valence electrons. The van der Waals surface area contributed by atoms with Gasteiger partial charge in [-0.15, -0.1) is 0 Å². The number of nitrogens with one attached hydrogen (secondary N) is 1. The molecule has 0 radical (unpaired) electrons. The first-order chi connectivity index (χ1) is 8.85. The second-order valence-corrected chi connectivity index (χ2v) is 7.42. The maximum absolute atomic E-state index is 12.2. The molecule has 1 aliphatic rings. The van der Waals surface area contributed by atoms with Gasteiger partial charge in [-0.05, 0) is 49.3 Å². The zero-order valence-electron chi connectivity index (χ0n) is 11.3. The number of halogens is 2. The fraction of sp³-hybridized carbons (Fsp3) is 0.533. The van der Waals surface area contributed by atoms with E-state index in [1.807, 2.05) is 0 Å². The van der Waals surface area contributed by atoms with Crippen molar-refractivity contribution in [2.24, 2.45) is 5.41 Å². The van der Waals surface area contributed by atoms with E-state index in [0.717, 1.165) is 30.2 Å². The van der Waals surface area contributed by atoms with E-state index in [2.05, 4.69) is 35.1 Å². The number of benzene rings is 1. The second kappa shape index (κ2) is 5.84. The fourth-order valence-electron chi connectivity index (χ4n) is 2.50. The van der Waals surface area contributed by atoms with Gasteiger partial charge in [0.1, 0.15) is 0 Å². The fourth-order valence-corrected chi connectivity index (χ4v) is 3.36. The normalized spacial score (nSPS) is 19.2. The summed E-state index contributed by atoms with van der Waals surface area (Å²) in [4.78, 5) is 12.2.